The molecule has 0 aliphatic rings. The molecule has 3 rings (SSSR count). The fraction of sp³-hybridized carbons (Fsp3) is 0.222. The summed E-state index contributed by atoms with van der Waals surface area (Å²) in [5.74, 6) is -0.0235. The van der Waals surface area contributed by atoms with Gasteiger partial charge in [0.05, 0.1) is 10.6 Å². The monoisotopic (exact) mass is 347 g/mol. The third kappa shape index (κ3) is 3.28. The zero-order valence-electron chi connectivity index (χ0n) is 12.9. The lowest BCUT2D eigenvalue weighted by molar-refractivity contribution is 0.595. The molecule has 0 saturated carbocycles. The van der Waals surface area contributed by atoms with Crippen LogP contribution in [-0.4, -0.2) is 13.0 Å². The first-order valence-corrected chi connectivity index (χ1v) is 9.59. The Morgan fingerprint density at radius 2 is 1.74 bits per heavy atom. The van der Waals surface area contributed by atoms with Gasteiger partial charge in [0.25, 0.3) is 0 Å². The van der Waals surface area contributed by atoms with Gasteiger partial charge in [-0.15, -0.1) is 0 Å². The van der Waals surface area contributed by atoms with E-state index in [-0.39, 0.29) is 5.75 Å². The Morgan fingerprint density at radius 1 is 1.04 bits per heavy atom. The molecule has 1 heterocycles. The van der Waals surface area contributed by atoms with Crippen LogP contribution in [-0.2, 0) is 22.1 Å². The van der Waals surface area contributed by atoms with Gasteiger partial charge in [0.1, 0.15) is 0 Å². The molecular formula is C18H18ClNO2S. The summed E-state index contributed by atoms with van der Waals surface area (Å²) in [5.41, 5.74) is 1.70. The van der Waals surface area contributed by atoms with E-state index in [9.17, 15) is 8.42 Å². The zero-order valence-corrected chi connectivity index (χ0v) is 14.4. The molecule has 0 saturated heterocycles. The molecule has 5 heteroatoms. The fourth-order valence-electron chi connectivity index (χ4n) is 2.76. The molecule has 1 aromatic heterocycles. The smallest absolute Gasteiger partial charge is 0.184 e. The highest BCUT2D eigenvalue weighted by molar-refractivity contribution is 7.90. The molecule has 0 bridgehead atoms. The third-order valence-electron chi connectivity index (χ3n) is 3.82. The Morgan fingerprint density at radius 3 is 2.43 bits per heavy atom. The Kier molecular flexibility index (Phi) is 4.46. The van der Waals surface area contributed by atoms with Crippen LogP contribution in [0, 0.1) is 0 Å². The summed E-state index contributed by atoms with van der Waals surface area (Å²) in [6.45, 7) is 2.88. The van der Waals surface area contributed by atoms with Crippen LogP contribution in [0.4, 0.5) is 0 Å². The largest absolute Gasteiger partial charge is 0.346 e. The van der Waals surface area contributed by atoms with Crippen LogP contribution in [0.25, 0.3) is 10.9 Å². The van der Waals surface area contributed by atoms with Gasteiger partial charge in [-0.05, 0) is 30.2 Å². The first-order chi connectivity index (χ1) is 11.0. The van der Waals surface area contributed by atoms with Gasteiger partial charge in [-0.3, -0.25) is 0 Å². The van der Waals surface area contributed by atoms with Crippen molar-refractivity contribution >= 4 is 32.3 Å². The topological polar surface area (TPSA) is 39.1 Å². The Bertz CT molecular complexity index is 927. The predicted octanol–water partition coefficient (Wildman–Crippen LogP) is 4.68. The van der Waals surface area contributed by atoms with Gasteiger partial charge in [0.15, 0.2) is 9.84 Å². The summed E-state index contributed by atoms with van der Waals surface area (Å²) >= 11 is 5.86. The van der Waals surface area contributed by atoms with E-state index in [1.807, 2.05) is 28.8 Å². The van der Waals surface area contributed by atoms with E-state index in [0.717, 1.165) is 29.4 Å². The second kappa shape index (κ2) is 6.38. The molecule has 3 nitrogen and oxygen atoms in total. The van der Waals surface area contributed by atoms with Crippen LogP contribution in [0.1, 0.15) is 18.9 Å². The lowest BCUT2D eigenvalue weighted by Gasteiger charge is -2.04. The number of fused-ring (bicyclic) bond motifs is 1. The second-order valence-corrected chi connectivity index (χ2v) is 7.98. The van der Waals surface area contributed by atoms with Gasteiger partial charge >= 0.3 is 0 Å². The maximum absolute atomic E-state index is 12.9. The molecule has 0 aliphatic heterocycles. The van der Waals surface area contributed by atoms with E-state index in [2.05, 4.69) is 6.92 Å². The molecule has 2 aromatic carbocycles. The van der Waals surface area contributed by atoms with Crippen molar-refractivity contribution in [2.45, 2.75) is 30.5 Å². The Hall–Kier alpha value is -1.78. The van der Waals surface area contributed by atoms with E-state index in [1.165, 1.54) is 0 Å². The van der Waals surface area contributed by atoms with Crippen LogP contribution >= 0.6 is 11.6 Å². The minimum Gasteiger partial charge on any atom is -0.346 e. The van der Waals surface area contributed by atoms with E-state index in [4.69, 9.17) is 11.6 Å². The van der Waals surface area contributed by atoms with Gasteiger partial charge in [-0.25, -0.2) is 8.42 Å². The molecule has 0 N–H and O–H groups in total. The summed E-state index contributed by atoms with van der Waals surface area (Å²) in [7, 11) is -3.41. The van der Waals surface area contributed by atoms with Crippen LogP contribution in [0.2, 0.25) is 5.02 Å². The molecule has 0 unspecified atom stereocenters. The number of hydrogen-bond acceptors (Lipinski definition) is 2. The maximum atomic E-state index is 12.9. The van der Waals surface area contributed by atoms with Gasteiger partial charge in [-0.1, -0.05) is 48.9 Å². The summed E-state index contributed by atoms with van der Waals surface area (Å²) in [5, 5.41) is 1.39. The minimum absolute atomic E-state index is 0.0235. The van der Waals surface area contributed by atoms with Crippen molar-refractivity contribution in [2.75, 3.05) is 0 Å². The van der Waals surface area contributed by atoms with Gasteiger partial charge < -0.3 is 4.57 Å². The van der Waals surface area contributed by atoms with Crippen molar-refractivity contribution in [2.24, 2.45) is 0 Å². The molecule has 0 spiro atoms. The molecule has 0 fully saturated rings. The van der Waals surface area contributed by atoms with E-state index < -0.39 is 9.84 Å². The highest BCUT2D eigenvalue weighted by atomic mass is 35.5. The van der Waals surface area contributed by atoms with Crippen molar-refractivity contribution in [1.82, 2.24) is 4.57 Å². The van der Waals surface area contributed by atoms with Gasteiger partial charge in [0.2, 0.25) is 0 Å². The number of sulfone groups is 1. The van der Waals surface area contributed by atoms with Crippen molar-refractivity contribution < 1.29 is 8.42 Å². The Labute approximate surface area is 141 Å². The fourth-order valence-corrected chi connectivity index (χ4v) is 4.47. The summed E-state index contributed by atoms with van der Waals surface area (Å²) in [6, 6.07) is 14.6. The number of halogens is 1. The average molecular weight is 348 g/mol. The number of nitrogens with zero attached hydrogens (tertiary/aromatic N) is 1. The second-order valence-electron chi connectivity index (χ2n) is 5.59. The molecule has 0 radical (unpaired) electrons. The first-order valence-electron chi connectivity index (χ1n) is 7.56. The third-order valence-corrected chi connectivity index (χ3v) is 5.78. The van der Waals surface area contributed by atoms with Crippen molar-refractivity contribution in [3.05, 3.63) is 65.3 Å². The average Bonchev–Trinajstić information content (AvgIpc) is 2.90. The number of benzene rings is 2. The van der Waals surface area contributed by atoms with Crippen LogP contribution in [0.15, 0.2) is 59.6 Å². The summed E-state index contributed by atoms with van der Waals surface area (Å²) in [6.07, 6.45) is 2.72. The minimum atomic E-state index is -3.41. The predicted molar refractivity (Wildman–Crippen MR) is 94.6 cm³/mol. The van der Waals surface area contributed by atoms with Crippen LogP contribution in [0.3, 0.4) is 0 Å². The molecule has 120 valence electrons. The number of aryl methyl sites for hydroxylation is 1. The van der Waals surface area contributed by atoms with Crippen LogP contribution < -0.4 is 0 Å². The SMILES string of the molecule is CCCn1cc(S(=O)(=O)Cc2ccc(Cl)cc2)c2ccccc21. The molecular weight excluding hydrogens is 330 g/mol. The normalized spacial score (nSPS) is 11.9. The van der Waals surface area contributed by atoms with Gasteiger partial charge in [0, 0.05) is 28.7 Å². The number of para-hydroxylation sites is 1. The molecule has 0 atom stereocenters. The van der Waals surface area contributed by atoms with Crippen molar-refractivity contribution in [3.63, 3.8) is 0 Å². The van der Waals surface area contributed by atoms with Crippen molar-refractivity contribution in [1.29, 1.82) is 0 Å². The highest BCUT2D eigenvalue weighted by Gasteiger charge is 2.21. The quantitative estimate of drug-likeness (QED) is 0.672. The molecule has 3 aromatic rings. The summed E-state index contributed by atoms with van der Waals surface area (Å²) in [4.78, 5) is 0.400. The Balaban J connectivity index is 2.06. The number of aromatic nitrogens is 1. The molecule has 23 heavy (non-hydrogen) atoms. The molecule has 0 aliphatic carbocycles. The maximum Gasteiger partial charge on any atom is 0.184 e. The van der Waals surface area contributed by atoms with Crippen LogP contribution in [0.5, 0.6) is 0 Å². The standard InChI is InChI=1S/C18H18ClNO2S/c1-2-11-20-12-18(16-5-3-4-6-17(16)20)23(21,22)13-14-7-9-15(19)10-8-14/h3-10,12H,2,11,13H2,1H3. The first kappa shape index (κ1) is 16.1. The lowest BCUT2D eigenvalue weighted by Crippen LogP contribution is -2.04. The van der Waals surface area contributed by atoms with Crippen molar-refractivity contribution in [3.8, 4) is 0 Å². The number of hydrogen-bond donors (Lipinski definition) is 0. The summed E-state index contributed by atoms with van der Waals surface area (Å²) < 4.78 is 27.8. The molecule has 0 amide bonds. The van der Waals surface area contributed by atoms with E-state index in [1.54, 1.807) is 30.5 Å². The van der Waals surface area contributed by atoms with E-state index >= 15 is 0 Å². The van der Waals surface area contributed by atoms with Gasteiger partial charge in [-0.2, -0.15) is 0 Å². The number of rotatable bonds is 5. The van der Waals surface area contributed by atoms with E-state index in [0.29, 0.717) is 9.92 Å². The zero-order chi connectivity index (χ0) is 16.4. The highest BCUT2D eigenvalue weighted by Crippen LogP contribution is 2.28. The lowest BCUT2D eigenvalue weighted by atomic mass is 10.2.